The number of hydrogen-bond acceptors (Lipinski definition) is 3. The van der Waals surface area contributed by atoms with Gasteiger partial charge in [0.1, 0.15) is 0 Å². The average Bonchev–Trinajstić information content (AvgIpc) is 2.96. The van der Waals surface area contributed by atoms with Crippen molar-refractivity contribution >= 4 is 11.6 Å². The molecule has 1 aromatic carbocycles. The van der Waals surface area contributed by atoms with Gasteiger partial charge in [-0.25, -0.2) is 0 Å². The third kappa shape index (κ3) is 1.91. The van der Waals surface area contributed by atoms with Crippen molar-refractivity contribution in [2.45, 2.75) is 13.1 Å². The van der Waals surface area contributed by atoms with Crippen LogP contribution in [0.3, 0.4) is 0 Å². The van der Waals surface area contributed by atoms with Crippen LogP contribution in [0.15, 0.2) is 41.0 Å². The molecule has 0 aliphatic carbocycles. The van der Waals surface area contributed by atoms with Crippen LogP contribution in [-0.4, -0.2) is 17.9 Å². The summed E-state index contributed by atoms with van der Waals surface area (Å²) in [4.78, 5) is 14.2. The minimum absolute atomic E-state index is 0.206. The van der Waals surface area contributed by atoms with E-state index >= 15 is 0 Å². The fourth-order valence-electron chi connectivity index (χ4n) is 2.29. The van der Waals surface area contributed by atoms with E-state index in [1.807, 2.05) is 12.1 Å². The van der Waals surface area contributed by atoms with Gasteiger partial charge in [-0.2, -0.15) is 0 Å². The molecule has 4 nitrogen and oxygen atoms in total. The molecule has 2 aromatic rings. The van der Waals surface area contributed by atoms with Gasteiger partial charge in [0, 0.05) is 18.8 Å². The molecule has 4 heteroatoms. The van der Waals surface area contributed by atoms with Crippen LogP contribution < -0.4 is 5.32 Å². The molecule has 1 amide bonds. The van der Waals surface area contributed by atoms with E-state index in [1.165, 1.54) is 17.4 Å². The largest absolute Gasteiger partial charge is 0.459 e. The summed E-state index contributed by atoms with van der Waals surface area (Å²) >= 11 is 0. The number of rotatable bonds is 2. The Kier molecular flexibility index (Phi) is 2.64. The van der Waals surface area contributed by atoms with Crippen molar-refractivity contribution in [3.8, 4) is 0 Å². The van der Waals surface area contributed by atoms with Gasteiger partial charge < -0.3 is 9.73 Å². The van der Waals surface area contributed by atoms with Crippen LogP contribution in [0.25, 0.3) is 0 Å². The molecule has 1 aliphatic heterocycles. The lowest BCUT2D eigenvalue weighted by molar-refractivity contribution is 0.0996. The maximum atomic E-state index is 11.9. The Morgan fingerprint density at radius 2 is 2.17 bits per heavy atom. The predicted molar refractivity (Wildman–Crippen MR) is 68.3 cm³/mol. The monoisotopic (exact) mass is 242 g/mol. The smallest absolute Gasteiger partial charge is 0.291 e. The second kappa shape index (κ2) is 4.31. The summed E-state index contributed by atoms with van der Waals surface area (Å²) < 4.78 is 5.09. The molecule has 0 saturated carbocycles. The summed E-state index contributed by atoms with van der Waals surface area (Å²) in [7, 11) is 2.07. The summed E-state index contributed by atoms with van der Waals surface area (Å²) in [5.74, 6) is 0.127. The van der Waals surface area contributed by atoms with E-state index in [2.05, 4.69) is 23.3 Å². The summed E-state index contributed by atoms with van der Waals surface area (Å²) in [5, 5.41) is 2.91. The van der Waals surface area contributed by atoms with Gasteiger partial charge in [0.25, 0.3) is 5.91 Å². The average molecular weight is 242 g/mol. The first-order chi connectivity index (χ1) is 8.74. The highest BCUT2D eigenvalue weighted by atomic mass is 16.3. The Morgan fingerprint density at radius 3 is 2.94 bits per heavy atom. The molecule has 1 aliphatic rings. The van der Waals surface area contributed by atoms with Gasteiger partial charge in [-0.3, -0.25) is 9.69 Å². The molecule has 1 N–H and O–H groups in total. The molecule has 1 aromatic heterocycles. The summed E-state index contributed by atoms with van der Waals surface area (Å²) in [6.45, 7) is 1.80. The Labute approximate surface area is 105 Å². The second-order valence-corrected chi connectivity index (χ2v) is 4.55. The molecule has 0 spiro atoms. The zero-order chi connectivity index (χ0) is 12.5. The van der Waals surface area contributed by atoms with Crippen molar-refractivity contribution in [1.82, 2.24) is 4.90 Å². The number of carbonyl (C=O) groups is 1. The fraction of sp³-hybridized carbons (Fsp3) is 0.214. The lowest BCUT2D eigenvalue weighted by Crippen LogP contribution is -2.13. The highest BCUT2D eigenvalue weighted by Crippen LogP contribution is 2.28. The minimum atomic E-state index is -0.206. The van der Waals surface area contributed by atoms with E-state index in [9.17, 15) is 4.79 Å². The number of anilines is 1. The number of benzene rings is 1. The normalized spacial score (nSPS) is 14.5. The molecule has 0 saturated heterocycles. The van der Waals surface area contributed by atoms with Crippen molar-refractivity contribution in [2.75, 3.05) is 12.4 Å². The molecule has 0 fully saturated rings. The van der Waals surface area contributed by atoms with E-state index in [0.29, 0.717) is 5.76 Å². The topological polar surface area (TPSA) is 45.5 Å². The van der Waals surface area contributed by atoms with Gasteiger partial charge in [0.2, 0.25) is 0 Å². The maximum absolute atomic E-state index is 11.9. The van der Waals surface area contributed by atoms with Crippen LogP contribution in [0.5, 0.6) is 0 Å². The number of furan rings is 1. The molecule has 2 heterocycles. The molecule has 3 rings (SSSR count). The molecule has 0 bridgehead atoms. The lowest BCUT2D eigenvalue weighted by atomic mass is 10.1. The van der Waals surface area contributed by atoms with E-state index in [1.54, 1.807) is 12.1 Å². The molecular formula is C14H14N2O2. The van der Waals surface area contributed by atoms with Crippen LogP contribution >= 0.6 is 0 Å². The zero-order valence-electron chi connectivity index (χ0n) is 10.1. The first kappa shape index (κ1) is 11.0. The molecule has 92 valence electrons. The van der Waals surface area contributed by atoms with Gasteiger partial charge >= 0.3 is 0 Å². The van der Waals surface area contributed by atoms with Gasteiger partial charge in [-0.1, -0.05) is 12.1 Å². The highest BCUT2D eigenvalue weighted by Gasteiger charge is 2.20. The number of fused-ring (bicyclic) bond motifs is 1. The van der Waals surface area contributed by atoms with Crippen molar-refractivity contribution < 1.29 is 9.21 Å². The molecule has 0 atom stereocenters. The lowest BCUT2D eigenvalue weighted by Gasteiger charge is -2.09. The van der Waals surface area contributed by atoms with Gasteiger partial charge in [-0.05, 0) is 36.4 Å². The molecule has 0 radical (unpaired) electrons. The molecule has 18 heavy (non-hydrogen) atoms. The summed E-state index contributed by atoms with van der Waals surface area (Å²) in [6.07, 6.45) is 1.50. The number of nitrogens with zero attached hydrogens (tertiary/aromatic N) is 1. The first-order valence-corrected chi connectivity index (χ1v) is 5.88. The minimum Gasteiger partial charge on any atom is -0.459 e. The third-order valence-electron chi connectivity index (χ3n) is 3.13. The third-order valence-corrected chi connectivity index (χ3v) is 3.13. The quantitative estimate of drug-likeness (QED) is 0.880. The number of carbonyl (C=O) groups excluding carboxylic acids is 1. The summed E-state index contributed by atoms with van der Waals surface area (Å²) in [5.41, 5.74) is 3.34. The van der Waals surface area contributed by atoms with Crippen molar-refractivity contribution in [3.63, 3.8) is 0 Å². The van der Waals surface area contributed by atoms with Crippen LogP contribution in [0.2, 0.25) is 0 Å². The van der Waals surface area contributed by atoms with Crippen molar-refractivity contribution in [3.05, 3.63) is 53.5 Å². The van der Waals surface area contributed by atoms with Crippen LogP contribution in [0.1, 0.15) is 21.7 Å². The fourth-order valence-corrected chi connectivity index (χ4v) is 2.29. The number of hydrogen-bond donors (Lipinski definition) is 1. The van der Waals surface area contributed by atoms with Gasteiger partial charge in [0.15, 0.2) is 5.76 Å². The number of nitrogens with one attached hydrogen (secondary N) is 1. The maximum Gasteiger partial charge on any atom is 0.291 e. The van der Waals surface area contributed by atoms with Crippen LogP contribution in [-0.2, 0) is 13.1 Å². The van der Waals surface area contributed by atoms with Crippen molar-refractivity contribution in [2.24, 2.45) is 0 Å². The van der Waals surface area contributed by atoms with E-state index in [4.69, 9.17) is 4.42 Å². The Hall–Kier alpha value is -2.07. The zero-order valence-corrected chi connectivity index (χ0v) is 10.1. The molecular weight excluding hydrogens is 228 g/mol. The van der Waals surface area contributed by atoms with E-state index < -0.39 is 0 Å². The van der Waals surface area contributed by atoms with Gasteiger partial charge in [0.05, 0.1) is 6.26 Å². The van der Waals surface area contributed by atoms with Crippen LogP contribution in [0.4, 0.5) is 5.69 Å². The standard InChI is InChI=1S/C14H14N2O2/c1-16-8-10-4-2-5-12(11(10)9-16)15-14(17)13-6-3-7-18-13/h2-7H,8-9H2,1H3,(H,15,17). The number of amides is 1. The Bertz CT molecular complexity index is 575. The SMILES string of the molecule is CN1Cc2cccc(NC(=O)c3ccco3)c2C1. The predicted octanol–water partition coefficient (Wildman–Crippen LogP) is 2.48. The second-order valence-electron chi connectivity index (χ2n) is 4.55. The Morgan fingerprint density at radius 1 is 1.28 bits per heavy atom. The first-order valence-electron chi connectivity index (χ1n) is 5.88. The highest BCUT2D eigenvalue weighted by molar-refractivity contribution is 6.02. The van der Waals surface area contributed by atoms with E-state index in [0.717, 1.165) is 18.8 Å². The molecule has 0 unspecified atom stereocenters. The van der Waals surface area contributed by atoms with E-state index in [-0.39, 0.29) is 5.91 Å². The van der Waals surface area contributed by atoms with Gasteiger partial charge in [-0.15, -0.1) is 0 Å². The van der Waals surface area contributed by atoms with Crippen LogP contribution in [0, 0.1) is 0 Å². The Balaban J connectivity index is 1.86. The van der Waals surface area contributed by atoms with Crippen molar-refractivity contribution in [1.29, 1.82) is 0 Å². The summed E-state index contributed by atoms with van der Waals surface area (Å²) in [6, 6.07) is 9.36.